The maximum absolute atomic E-state index is 11.3. The van der Waals surface area contributed by atoms with Crippen molar-refractivity contribution in [3.63, 3.8) is 0 Å². The van der Waals surface area contributed by atoms with E-state index in [1.165, 1.54) is 5.57 Å². The van der Waals surface area contributed by atoms with Crippen LogP contribution in [0.5, 0.6) is 0 Å². The second-order valence-electron chi connectivity index (χ2n) is 5.27. The van der Waals surface area contributed by atoms with Crippen LogP contribution in [0.15, 0.2) is 23.8 Å². The van der Waals surface area contributed by atoms with Crippen molar-refractivity contribution >= 4 is 5.78 Å². The molecule has 0 unspecified atom stereocenters. The van der Waals surface area contributed by atoms with Gasteiger partial charge in [0.1, 0.15) is 0 Å². The van der Waals surface area contributed by atoms with Crippen LogP contribution in [0, 0.1) is 17.3 Å². The summed E-state index contributed by atoms with van der Waals surface area (Å²) in [6.07, 6.45) is 8.48. The Labute approximate surface area is 97.0 Å². The quantitative estimate of drug-likeness (QED) is 0.726. The highest BCUT2D eigenvalue weighted by Crippen LogP contribution is 2.52. The largest absolute Gasteiger partial charge is 0.396 e. The molecule has 1 spiro atoms. The first-order chi connectivity index (χ1) is 7.60. The molecule has 1 N–H and O–H groups in total. The van der Waals surface area contributed by atoms with E-state index in [1.807, 2.05) is 0 Å². The summed E-state index contributed by atoms with van der Waals surface area (Å²) in [5.41, 5.74) is 1.38. The molecule has 0 fully saturated rings. The molecule has 0 aromatic carbocycles. The van der Waals surface area contributed by atoms with Crippen LogP contribution in [-0.2, 0) is 4.79 Å². The molecule has 0 amide bonds. The van der Waals surface area contributed by atoms with Gasteiger partial charge in [0.15, 0.2) is 5.78 Å². The van der Waals surface area contributed by atoms with Crippen molar-refractivity contribution in [2.75, 3.05) is 6.61 Å². The summed E-state index contributed by atoms with van der Waals surface area (Å²) in [5, 5.41) is 9.50. The second kappa shape index (κ2) is 4.17. The molecule has 2 aliphatic carbocycles. The lowest BCUT2D eigenvalue weighted by molar-refractivity contribution is -0.115. The fourth-order valence-electron chi connectivity index (χ4n) is 3.23. The Hall–Kier alpha value is -0.890. The average molecular weight is 220 g/mol. The van der Waals surface area contributed by atoms with Gasteiger partial charge in [-0.3, -0.25) is 4.79 Å². The molecule has 0 heterocycles. The van der Waals surface area contributed by atoms with E-state index >= 15 is 0 Å². The van der Waals surface area contributed by atoms with Gasteiger partial charge in [0.05, 0.1) is 0 Å². The van der Waals surface area contributed by atoms with Gasteiger partial charge in [0.2, 0.25) is 0 Å². The van der Waals surface area contributed by atoms with Crippen LogP contribution in [0.25, 0.3) is 0 Å². The van der Waals surface area contributed by atoms with Crippen LogP contribution in [0.4, 0.5) is 0 Å². The van der Waals surface area contributed by atoms with E-state index in [0.717, 1.165) is 12.8 Å². The first kappa shape index (κ1) is 11.6. The fourth-order valence-corrected chi connectivity index (χ4v) is 3.23. The SMILES string of the molecule is CC(C)C1=CC[C@H](CO)[C@@]12C=CC(=O)CC2. The van der Waals surface area contributed by atoms with Crippen molar-refractivity contribution in [2.45, 2.75) is 33.1 Å². The third kappa shape index (κ3) is 1.65. The van der Waals surface area contributed by atoms with Gasteiger partial charge in [-0.2, -0.15) is 0 Å². The van der Waals surface area contributed by atoms with Gasteiger partial charge in [-0.1, -0.05) is 31.6 Å². The van der Waals surface area contributed by atoms with Gasteiger partial charge < -0.3 is 5.11 Å². The van der Waals surface area contributed by atoms with Crippen molar-refractivity contribution in [2.24, 2.45) is 17.3 Å². The minimum atomic E-state index is -0.0309. The summed E-state index contributed by atoms with van der Waals surface area (Å²) in [6, 6.07) is 0. The summed E-state index contributed by atoms with van der Waals surface area (Å²) in [6.45, 7) is 4.60. The highest BCUT2D eigenvalue weighted by atomic mass is 16.3. The summed E-state index contributed by atoms with van der Waals surface area (Å²) in [5.74, 6) is 0.987. The average Bonchev–Trinajstić information content (AvgIpc) is 2.61. The lowest BCUT2D eigenvalue weighted by atomic mass is 9.65. The van der Waals surface area contributed by atoms with Crippen molar-refractivity contribution in [3.05, 3.63) is 23.8 Å². The third-order valence-electron chi connectivity index (χ3n) is 4.08. The zero-order chi connectivity index (χ0) is 11.8. The smallest absolute Gasteiger partial charge is 0.155 e. The Bertz CT molecular complexity index is 352. The van der Waals surface area contributed by atoms with Gasteiger partial charge in [-0.25, -0.2) is 0 Å². The summed E-state index contributed by atoms with van der Waals surface area (Å²) in [4.78, 5) is 11.3. The second-order valence-corrected chi connectivity index (χ2v) is 5.27. The highest BCUT2D eigenvalue weighted by Gasteiger charge is 2.44. The topological polar surface area (TPSA) is 37.3 Å². The Morgan fingerprint density at radius 3 is 2.81 bits per heavy atom. The summed E-state index contributed by atoms with van der Waals surface area (Å²) >= 11 is 0. The molecule has 0 bridgehead atoms. The number of ketones is 1. The van der Waals surface area contributed by atoms with E-state index in [0.29, 0.717) is 12.3 Å². The maximum atomic E-state index is 11.3. The number of rotatable bonds is 2. The number of hydrogen-bond donors (Lipinski definition) is 1. The third-order valence-corrected chi connectivity index (χ3v) is 4.08. The predicted octanol–water partition coefficient (Wildman–Crippen LogP) is 2.49. The van der Waals surface area contributed by atoms with Gasteiger partial charge in [0, 0.05) is 18.4 Å². The van der Waals surface area contributed by atoms with Crippen LogP contribution >= 0.6 is 0 Å². The Morgan fingerprint density at radius 1 is 1.56 bits per heavy atom. The zero-order valence-corrected chi connectivity index (χ0v) is 10.1. The fraction of sp³-hybridized carbons (Fsp3) is 0.643. The number of carbonyl (C=O) groups is 1. The molecule has 16 heavy (non-hydrogen) atoms. The molecule has 0 radical (unpaired) electrons. The Morgan fingerprint density at radius 2 is 2.31 bits per heavy atom. The molecule has 88 valence electrons. The molecule has 0 aliphatic heterocycles. The number of aliphatic hydroxyl groups is 1. The first-order valence-corrected chi connectivity index (χ1v) is 6.13. The van der Waals surface area contributed by atoms with Crippen molar-refractivity contribution in [1.82, 2.24) is 0 Å². The number of hydrogen-bond acceptors (Lipinski definition) is 2. The minimum absolute atomic E-state index is 0.0309. The molecule has 0 saturated carbocycles. The summed E-state index contributed by atoms with van der Waals surface area (Å²) in [7, 11) is 0. The lowest BCUT2D eigenvalue weighted by Crippen LogP contribution is -2.33. The lowest BCUT2D eigenvalue weighted by Gasteiger charge is -2.38. The van der Waals surface area contributed by atoms with E-state index in [9.17, 15) is 9.90 Å². The van der Waals surface area contributed by atoms with Crippen molar-refractivity contribution < 1.29 is 9.90 Å². The van der Waals surface area contributed by atoms with Crippen LogP contribution in [0.2, 0.25) is 0 Å². The molecule has 2 nitrogen and oxygen atoms in total. The van der Waals surface area contributed by atoms with E-state index < -0.39 is 0 Å². The Balaban J connectivity index is 2.36. The molecule has 2 atom stereocenters. The van der Waals surface area contributed by atoms with Crippen LogP contribution in [-0.4, -0.2) is 17.5 Å². The van der Waals surface area contributed by atoms with Crippen molar-refractivity contribution in [1.29, 1.82) is 0 Å². The van der Waals surface area contributed by atoms with Gasteiger partial charge >= 0.3 is 0 Å². The molecule has 2 heteroatoms. The Kier molecular flexibility index (Phi) is 3.02. The maximum Gasteiger partial charge on any atom is 0.155 e. The molecule has 0 aromatic heterocycles. The predicted molar refractivity (Wildman–Crippen MR) is 63.9 cm³/mol. The first-order valence-electron chi connectivity index (χ1n) is 6.13. The van der Waals surface area contributed by atoms with E-state index in [4.69, 9.17) is 0 Å². The monoisotopic (exact) mass is 220 g/mol. The van der Waals surface area contributed by atoms with E-state index in [-0.39, 0.29) is 23.7 Å². The molecular formula is C14H20O2. The van der Waals surface area contributed by atoms with Crippen LogP contribution < -0.4 is 0 Å². The number of carbonyl (C=O) groups excluding carboxylic acids is 1. The molecule has 0 aromatic rings. The molecular weight excluding hydrogens is 200 g/mol. The number of aliphatic hydroxyl groups excluding tert-OH is 1. The normalized spacial score (nSPS) is 33.9. The number of allylic oxidation sites excluding steroid dienone is 4. The summed E-state index contributed by atoms with van der Waals surface area (Å²) < 4.78 is 0. The molecule has 2 aliphatic rings. The van der Waals surface area contributed by atoms with Gasteiger partial charge in [-0.05, 0) is 30.8 Å². The van der Waals surface area contributed by atoms with E-state index in [2.05, 4.69) is 26.0 Å². The molecule has 0 saturated heterocycles. The van der Waals surface area contributed by atoms with Crippen LogP contribution in [0.1, 0.15) is 33.1 Å². The van der Waals surface area contributed by atoms with Gasteiger partial charge in [0.25, 0.3) is 0 Å². The highest BCUT2D eigenvalue weighted by molar-refractivity contribution is 5.91. The van der Waals surface area contributed by atoms with Crippen LogP contribution in [0.3, 0.4) is 0 Å². The standard InChI is InChI=1S/C14H20O2/c1-10(2)13-4-3-11(9-15)14(13)7-5-12(16)6-8-14/h4-5,7,10-11,15H,3,6,8-9H2,1-2H3/t11-,14+/m1/s1. The zero-order valence-electron chi connectivity index (χ0n) is 10.1. The molecule has 2 rings (SSSR count). The minimum Gasteiger partial charge on any atom is -0.396 e. The van der Waals surface area contributed by atoms with E-state index in [1.54, 1.807) is 6.08 Å². The van der Waals surface area contributed by atoms with Crippen molar-refractivity contribution in [3.8, 4) is 0 Å². The van der Waals surface area contributed by atoms with Gasteiger partial charge in [-0.15, -0.1) is 0 Å².